The van der Waals surface area contributed by atoms with Crippen molar-refractivity contribution in [2.24, 2.45) is 0 Å². The first-order valence-corrected chi connectivity index (χ1v) is 7.91. The Bertz CT molecular complexity index is 817. The largest absolute Gasteiger partial charge is 0.462 e. The summed E-state index contributed by atoms with van der Waals surface area (Å²) in [5, 5.41) is 2.53. The third-order valence-electron chi connectivity index (χ3n) is 3.42. The fourth-order valence-electron chi connectivity index (χ4n) is 2.04. The number of aryl methyl sites for hydroxylation is 1. The number of rotatable bonds is 6. The quantitative estimate of drug-likeness (QED) is 0.802. The molecule has 0 aromatic heterocycles. The Balaban J connectivity index is 1.87. The van der Waals surface area contributed by atoms with E-state index in [1.165, 1.54) is 36.4 Å². The first-order valence-electron chi connectivity index (χ1n) is 7.91. The summed E-state index contributed by atoms with van der Waals surface area (Å²) in [7, 11) is 0. The molecule has 26 heavy (non-hydrogen) atoms. The highest BCUT2D eigenvalue weighted by Crippen LogP contribution is 2.12. The lowest BCUT2D eigenvalue weighted by Gasteiger charge is -2.08. The summed E-state index contributed by atoms with van der Waals surface area (Å²) in [5.74, 6) is -2.33. The summed E-state index contributed by atoms with van der Waals surface area (Å²) < 4.78 is 23.2. The number of carbonyl (C=O) groups excluding carboxylic acids is 3. The van der Waals surface area contributed by atoms with Gasteiger partial charge in [0.1, 0.15) is 5.82 Å². The van der Waals surface area contributed by atoms with Crippen LogP contribution in [0.2, 0.25) is 0 Å². The average Bonchev–Trinajstić information content (AvgIpc) is 2.62. The van der Waals surface area contributed by atoms with E-state index in [-0.39, 0.29) is 12.2 Å². The molecule has 0 spiro atoms. The first kappa shape index (κ1) is 19.1. The van der Waals surface area contributed by atoms with E-state index in [0.29, 0.717) is 16.8 Å². The highest BCUT2D eigenvalue weighted by Gasteiger charge is 2.12. The molecule has 7 heteroatoms. The van der Waals surface area contributed by atoms with Crippen LogP contribution in [0.1, 0.15) is 33.2 Å². The summed E-state index contributed by atoms with van der Waals surface area (Å²) in [5.41, 5.74) is 1.23. The van der Waals surface area contributed by atoms with E-state index in [1.54, 1.807) is 13.8 Å². The van der Waals surface area contributed by atoms with Gasteiger partial charge in [-0.2, -0.15) is 0 Å². The molecule has 0 aliphatic heterocycles. The average molecular weight is 359 g/mol. The van der Waals surface area contributed by atoms with Gasteiger partial charge in [-0.1, -0.05) is 6.07 Å². The zero-order valence-electron chi connectivity index (χ0n) is 14.4. The van der Waals surface area contributed by atoms with Crippen molar-refractivity contribution in [2.75, 3.05) is 18.5 Å². The zero-order valence-corrected chi connectivity index (χ0v) is 14.4. The van der Waals surface area contributed by atoms with Crippen molar-refractivity contribution in [1.82, 2.24) is 0 Å². The molecule has 1 N–H and O–H groups in total. The topological polar surface area (TPSA) is 81.7 Å². The van der Waals surface area contributed by atoms with Crippen molar-refractivity contribution in [3.63, 3.8) is 0 Å². The molecule has 2 rings (SSSR count). The SMILES string of the molecule is CCOC(=O)c1ccc(NC(=O)COC(=O)c2ccc(C)c(F)c2)cc1. The molecule has 0 aliphatic carbocycles. The van der Waals surface area contributed by atoms with E-state index >= 15 is 0 Å². The number of carbonyl (C=O) groups is 3. The van der Waals surface area contributed by atoms with Crippen LogP contribution in [0, 0.1) is 12.7 Å². The first-order chi connectivity index (χ1) is 12.4. The van der Waals surface area contributed by atoms with Crippen molar-refractivity contribution < 1.29 is 28.2 Å². The van der Waals surface area contributed by atoms with Crippen LogP contribution in [0.25, 0.3) is 0 Å². The normalized spacial score (nSPS) is 10.1. The lowest BCUT2D eigenvalue weighted by molar-refractivity contribution is -0.119. The predicted molar refractivity (Wildman–Crippen MR) is 92.4 cm³/mol. The lowest BCUT2D eigenvalue weighted by atomic mass is 10.1. The Hall–Kier alpha value is -3.22. The van der Waals surface area contributed by atoms with Gasteiger partial charge >= 0.3 is 11.9 Å². The molecule has 0 fully saturated rings. The highest BCUT2D eigenvalue weighted by atomic mass is 19.1. The molecule has 2 aromatic rings. The number of benzene rings is 2. The molecule has 0 saturated carbocycles. The van der Waals surface area contributed by atoms with Gasteiger partial charge in [-0.25, -0.2) is 14.0 Å². The summed E-state index contributed by atoms with van der Waals surface area (Å²) in [4.78, 5) is 35.2. The molecular formula is C19H18FNO5. The van der Waals surface area contributed by atoms with Crippen LogP contribution < -0.4 is 5.32 Å². The second kappa shape index (κ2) is 8.75. The molecule has 136 valence electrons. The van der Waals surface area contributed by atoms with Crippen LogP contribution in [-0.2, 0) is 14.3 Å². The highest BCUT2D eigenvalue weighted by molar-refractivity contribution is 5.96. The van der Waals surface area contributed by atoms with Gasteiger partial charge in [0.15, 0.2) is 6.61 Å². The van der Waals surface area contributed by atoms with E-state index in [0.717, 1.165) is 6.07 Å². The van der Waals surface area contributed by atoms with Crippen LogP contribution in [0.15, 0.2) is 42.5 Å². The van der Waals surface area contributed by atoms with E-state index in [2.05, 4.69) is 5.32 Å². The summed E-state index contributed by atoms with van der Waals surface area (Å²) in [6.45, 7) is 3.03. The Morgan fingerprint density at radius 2 is 1.58 bits per heavy atom. The molecule has 1 amide bonds. The molecule has 0 unspecified atom stereocenters. The monoisotopic (exact) mass is 359 g/mol. The van der Waals surface area contributed by atoms with Gasteiger partial charge in [0.2, 0.25) is 0 Å². The number of ether oxygens (including phenoxy) is 2. The standard InChI is InChI=1S/C19H18FNO5/c1-3-25-18(23)13-6-8-15(9-7-13)21-17(22)11-26-19(24)14-5-4-12(2)16(20)10-14/h4-10H,3,11H2,1-2H3,(H,21,22). The third kappa shape index (κ3) is 5.14. The van der Waals surface area contributed by atoms with Gasteiger partial charge in [0, 0.05) is 5.69 Å². The second-order valence-electron chi connectivity index (χ2n) is 5.39. The van der Waals surface area contributed by atoms with Gasteiger partial charge in [-0.3, -0.25) is 4.79 Å². The third-order valence-corrected chi connectivity index (χ3v) is 3.42. The Morgan fingerprint density at radius 1 is 0.962 bits per heavy atom. The molecule has 0 saturated heterocycles. The summed E-state index contributed by atoms with van der Waals surface area (Å²) >= 11 is 0. The second-order valence-corrected chi connectivity index (χ2v) is 5.39. The van der Waals surface area contributed by atoms with Gasteiger partial charge in [0.25, 0.3) is 5.91 Å². The number of hydrogen-bond acceptors (Lipinski definition) is 5. The van der Waals surface area contributed by atoms with Crippen molar-refractivity contribution in [3.8, 4) is 0 Å². The van der Waals surface area contributed by atoms with E-state index in [4.69, 9.17) is 9.47 Å². The lowest BCUT2D eigenvalue weighted by Crippen LogP contribution is -2.21. The van der Waals surface area contributed by atoms with Crippen LogP contribution >= 0.6 is 0 Å². The van der Waals surface area contributed by atoms with Gasteiger partial charge in [-0.15, -0.1) is 0 Å². The Labute approximate surface area is 149 Å². The van der Waals surface area contributed by atoms with Gasteiger partial charge in [0.05, 0.1) is 17.7 Å². The van der Waals surface area contributed by atoms with Crippen LogP contribution in [0.3, 0.4) is 0 Å². The number of hydrogen-bond donors (Lipinski definition) is 1. The van der Waals surface area contributed by atoms with E-state index in [1.807, 2.05) is 0 Å². The fourth-order valence-corrected chi connectivity index (χ4v) is 2.04. The maximum atomic E-state index is 13.4. The number of halogens is 1. The maximum absolute atomic E-state index is 13.4. The van der Waals surface area contributed by atoms with Crippen molar-refractivity contribution >= 4 is 23.5 Å². The molecule has 6 nitrogen and oxygen atoms in total. The summed E-state index contributed by atoms with van der Waals surface area (Å²) in [6, 6.07) is 10.0. The van der Waals surface area contributed by atoms with Crippen molar-refractivity contribution in [1.29, 1.82) is 0 Å². The molecule has 0 atom stereocenters. The molecule has 0 aliphatic rings. The molecule has 2 aromatic carbocycles. The minimum Gasteiger partial charge on any atom is -0.462 e. The van der Waals surface area contributed by atoms with Gasteiger partial charge in [-0.05, 0) is 55.8 Å². The van der Waals surface area contributed by atoms with Crippen molar-refractivity contribution in [3.05, 3.63) is 65.0 Å². The molecule has 0 bridgehead atoms. The van der Waals surface area contributed by atoms with Crippen LogP contribution in [0.5, 0.6) is 0 Å². The minimum atomic E-state index is -0.795. The van der Waals surface area contributed by atoms with E-state index < -0.39 is 30.3 Å². The zero-order chi connectivity index (χ0) is 19.1. The van der Waals surface area contributed by atoms with Crippen LogP contribution in [-0.4, -0.2) is 31.1 Å². The number of esters is 2. The maximum Gasteiger partial charge on any atom is 0.338 e. The number of amides is 1. The number of anilines is 1. The van der Waals surface area contributed by atoms with Gasteiger partial charge < -0.3 is 14.8 Å². The molecule has 0 radical (unpaired) electrons. The summed E-state index contributed by atoms with van der Waals surface area (Å²) in [6.07, 6.45) is 0. The predicted octanol–water partition coefficient (Wildman–Crippen LogP) is 3.11. The Morgan fingerprint density at radius 3 is 2.19 bits per heavy atom. The van der Waals surface area contributed by atoms with Crippen molar-refractivity contribution in [2.45, 2.75) is 13.8 Å². The Kier molecular flexibility index (Phi) is 6.43. The van der Waals surface area contributed by atoms with Crippen LogP contribution in [0.4, 0.5) is 10.1 Å². The number of nitrogens with one attached hydrogen (secondary N) is 1. The molecule has 0 heterocycles. The molecular weight excluding hydrogens is 341 g/mol. The smallest absolute Gasteiger partial charge is 0.338 e. The fraction of sp³-hybridized carbons (Fsp3) is 0.211. The van der Waals surface area contributed by atoms with E-state index in [9.17, 15) is 18.8 Å². The minimum absolute atomic E-state index is 0.0275.